The van der Waals surface area contributed by atoms with Gasteiger partial charge in [0, 0.05) is 48.7 Å². The molecule has 0 fully saturated rings. The Hall–Kier alpha value is -6.21. The Morgan fingerprint density at radius 2 is 1.25 bits per heavy atom. The summed E-state index contributed by atoms with van der Waals surface area (Å²) in [6.45, 7) is 11.7. The standard InChI is InChI=1S/C45H40N6O/c1-27(2)35-15-10-17-39-40-18-11-16-36(28(3)4)45(40)49(44(35)39)31-22-23-46-43(25-31)50-41-19-8-7-14-37(41)38-21-20-34(26-42(38)50)52-33-13-9-12-32(24-33)51-30(6)29(5)47-48-51/h7-28H,1-6H3/i27D,28D. The Kier molecular flexibility index (Phi) is 6.94. The predicted octanol–water partition coefficient (Wildman–Crippen LogP) is 11.5. The summed E-state index contributed by atoms with van der Waals surface area (Å²) >= 11 is 0. The van der Waals surface area contributed by atoms with Crippen molar-refractivity contribution in [3.05, 3.63) is 144 Å². The topological polar surface area (TPSA) is 62.7 Å². The molecule has 0 amide bonds. The Balaban J connectivity index is 1.25. The zero-order chi connectivity index (χ0) is 37.5. The van der Waals surface area contributed by atoms with E-state index in [0.717, 1.165) is 83.3 Å². The fourth-order valence-corrected chi connectivity index (χ4v) is 7.57. The van der Waals surface area contributed by atoms with E-state index in [0.29, 0.717) is 11.5 Å². The molecule has 7 nitrogen and oxygen atoms in total. The lowest BCUT2D eigenvalue weighted by molar-refractivity contribution is 0.482. The lowest BCUT2D eigenvalue weighted by Gasteiger charge is -2.17. The minimum absolute atomic E-state index is 0.690. The van der Waals surface area contributed by atoms with Gasteiger partial charge in [-0.2, -0.15) is 0 Å². The van der Waals surface area contributed by atoms with Gasteiger partial charge in [0.05, 0.1) is 44.8 Å². The van der Waals surface area contributed by atoms with Gasteiger partial charge in [-0.05, 0) is 73.2 Å². The number of pyridine rings is 1. The van der Waals surface area contributed by atoms with Crippen LogP contribution >= 0.6 is 0 Å². The predicted molar refractivity (Wildman–Crippen MR) is 212 cm³/mol. The normalized spacial score (nSPS) is 13.0. The molecule has 7 heteroatoms. The summed E-state index contributed by atoms with van der Waals surface area (Å²) < 4.78 is 31.1. The number of ether oxygens (including phenoxy) is 1. The lowest BCUT2D eigenvalue weighted by Crippen LogP contribution is -2.04. The number of benzene rings is 5. The van der Waals surface area contributed by atoms with Crippen molar-refractivity contribution >= 4 is 43.6 Å². The van der Waals surface area contributed by atoms with Crippen LogP contribution in [0.4, 0.5) is 0 Å². The van der Waals surface area contributed by atoms with Crippen molar-refractivity contribution in [2.45, 2.75) is 53.3 Å². The largest absolute Gasteiger partial charge is 0.457 e. The second-order valence-electron chi connectivity index (χ2n) is 13.9. The van der Waals surface area contributed by atoms with Crippen molar-refractivity contribution in [1.29, 1.82) is 0 Å². The average Bonchev–Trinajstić information content (AvgIpc) is 3.79. The summed E-state index contributed by atoms with van der Waals surface area (Å²) in [6, 6.07) is 39.0. The zero-order valence-electron chi connectivity index (χ0n) is 32.1. The molecule has 52 heavy (non-hydrogen) atoms. The third-order valence-electron chi connectivity index (χ3n) is 10.2. The highest BCUT2D eigenvalue weighted by molar-refractivity contribution is 6.12. The molecular weight excluding hydrogens is 641 g/mol. The molecule has 4 heterocycles. The molecule has 4 aromatic heterocycles. The van der Waals surface area contributed by atoms with E-state index in [1.807, 2.05) is 101 Å². The SMILES string of the molecule is [2H]C(C)(C)c1cccc2c3cccc(C([2H])(C)C)c3n(-c3ccnc(-n4c5ccccc5c5ccc(Oc6cccc(-n7nnc(C)c7C)c6)cc54)c3)c12. The van der Waals surface area contributed by atoms with E-state index in [4.69, 9.17) is 9.72 Å². The van der Waals surface area contributed by atoms with Crippen LogP contribution in [0.1, 0.15) is 64.7 Å². The lowest BCUT2D eigenvalue weighted by atomic mass is 9.98. The van der Waals surface area contributed by atoms with Crippen molar-refractivity contribution in [2.24, 2.45) is 0 Å². The highest BCUT2D eigenvalue weighted by atomic mass is 16.5. The van der Waals surface area contributed by atoms with Gasteiger partial charge in [-0.15, -0.1) is 5.10 Å². The van der Waals surface area contributed by atoms with E-state index in [2.05, 4.69) is 86.2 Å². The van der Waals surface area contributed by atoms with Gasteiger partial charge in [0.15, 0.2) is 0 Å². The van der Waals surface area contributed by atoms with E-state index in [1.165, 1.54) is 0 Å². The maximum Gasteiger partial charge on any atom is 0.139 e. The number of rotatable bonds is 7. The summed E-state index contributed by atoms with van der Waals surface area (Å²) in [5.41, 5.74) is 9.40. The Morgan fingerprint density at radius 3 is 1.94 bits per heavy atom. The van der Waals surface area contributed by atoms with Gasteiger partial charge in [0.1, 0.15) is 17.3 Å². The molecule has 0 aliphatic carbocycles. The number of hydrogen-bond acceptors (Lipinski definition) is 4. The fourth-order valence-electron chi connectivity index (χ4n) is 7.57. The molecule has 0 aliphatic rings. The van der Waals surface area contributed by atoms with Crippen molar-refractivity contribution in [3.8, 4) is 28.7 Å². The van der Waals surface area contributed by atoms with E-state index in [1.54, 1.807) is 0 Å². The Labute approximate surface area is 305 Å². The van der Waals surface area contributed by atoms with Gasteiger partial charge in [-0.3, -0.25) is 4.57 Å². The molecule has 0 saturated heterocycles. The first-order chi connectivity index (χ1) is 25.9. The fraction of sp³-hybridized carbons (Fsp3) is 0.178. The molecule has 0 spiro atoms. The second kappa shape index (κ2) is 12.2. The first-order valence-electron chi connectivity index (χ1n) is 18.6. The highest BCUT2D eigenvalue weighted by Gasteiger charge is 2.21. The number of fused-ring (bicyclic) bond motifs is 6. The third-order valence-corrected chi connectivity index (χ3v) is 10.2. The smallest absolute Gasteiger partial charge is 0.139 e. The van der Waals surface area contributed by atoms with Gasteiger partial charge in [-0.25, -0.2) is 9.67 Å². The van der Waals surface area contributed by atoms with Crippen LogP contribution in [0, 0.1) is 13.8 Å². The Morgan fingerprint density at radius 1 is 0.596 bits per heavy atom. The monoisotopic (exact) mass is 682 g/mol. The van der Waals surface area contributed by atoms with Crippen LogP contribution < -0.4 is 4.74 Å². The van der Waals surface area contributed by atoms with E-state index in [9.17, 15) is 2.74 Å². The summed E-state index contributed by atoms with van der Waals surface area (Å²) in [4.78, 5) is 4.98. The summed E-state index contributed by atoms with van der Waals surface area (Å²) in [7, 11) is 0. The van der Waals surface area contributed by atoms with E-state index in [-0.39, 0.29) is 0 Å². The number of nitrogens with zero attached hydrogens (tertiary/aromatic N) is 6. The van der Waals surface area contributed by atoms with Crippen LogP contribution in [0.3, 0.4) is 0 Å². The molecule has 0 saturated carbocycles. The number of hydrogen-bond donors (Lipinski definition) is 0. The maximum absolute atomic E-state index is 9.18. The summed E-state index contributed by atoms with van der Waals surface area (Å²) in [5, 5.41) is 12.9. The van der Waals surface area contributed by atoms with Crippen LogP contribution in [0.5, 0.6) is 11.5 Å². The minimum atomic E-state index is -0.867. The molecule has 0 aliphatic heterocycles. The van der Waals surface area contributed by atoms with Crippen molar-refractivity contribution in [3.63, 3.8) is 0 Å². The second-order valence-corrected chi connectivity index (χ2v) is 13.9. The molecule has 0 radical (unpaired) electrons. The van der Waals surface area contributed by atoms with Gasteiger partial charge in [-0.1, -0.05) is 93.6 Å². The first kappa shape index (κ1) is 29.5. The average molecular weight is 683 g/mol. The van der Waals surface area contributed by atoms with Crippen molar-refractivity contribution in [1.82, 2.24) is 29.1 Å². The molecule has 9 aromatic rings. The third kappa shape index (κ3) is 4.99. The van der Waals surface area contributed by atoms with Crippen LogP contribution in [-0.2, 0) is 0 Å². The van der Waals surface area contributed by atoms with Crippen LogP contribution in [0.15, 0.2) is 121 Å². The number of aryl methyl sites for hydroxylation is 1. The summed E-state index contributed by atoms with van der Waals surface area (Å²) in [5.74, 6) is 0.394. The van der Waals surface area contributed by atoms with E-state index >= 15 is 0 Å². The summed E-state index contributed by atoms with van der Waals surface area (Å²) in [6.07, 6.45) is 1.85. The maximum atomic E-state index is 9.18. The molecule has 5 aromatic carbocycles. The highest BCUT2D eigenvalue weighted by Crippen LogP contribution is 2.41. The van der Waals surface area contributed by atoms with Gasteiger partial charge in [0.2, 0.25) is 0 Å². The molecular formula is C45H40N6O. The van der Waals surface area contributed by atoms with Gasteiger partial charge < -0.3 is 9.30 Å². The molecule has 0 atom stereocenters. The van der Waals surface area contributed by atoms with Crippen LogP contribution in [-0.4, -0.2) is 29.1 Å². The minimum Gasteiger partial charge on any atom is -0.457 e. The van der Waals surface area contributed by atoms with Crippen molar-refractivity contribution < 1.29 is 7.48 Å². The van der Waals surface area contributed by atoms with Crippen LogP contribution in [0.25, 0.3) is 60.8 Å². The van der Waals surface area contributed by atoms with Gasteiger partial charge >= 0.3 is 0 Å². The van der Waals surface area contributed by atoms with E-state index < -0.39 is 11.8 Å². The van der Waals surface area contributed by atoms with Crippen molar-refractivity contribution in [2.75, 3.05) is 0 Å². The molecule has 0 bridgehead atoms. The Bertz CT molecular complexity index is 2850. The first-order valence-corrected chi connectivity index (χ1v) is 17.6. The molecule has 256 valence electrons. The van der Waals surface area contributed by atoms with Gasteiger partial charge in [0.25, 0.3) is 0 Å². The quantitative estimate of drug-likeness (QED) is 0.168. The molecule has 9 rings (SSSR count). The number of aromatic nitrogens is 6. The molecule has 0 unspecified atom stereocenters. The zero-order valence-corrected chi connectivity index (χ0v) is 30.1. The van der Waals surface area contributed by atoms with Crippen LogP contribution in [0.2, 0.25) is 0 Å². The number of para-hydroxylation sites is 3. The molecule has 0 N–H and O–H groups in total.